The lowest BCUT2D eigenvalue weighted by Gasteiger charge is -2.21. The van der Waals surface area contributed by atoms with Crippen molar-refractivity contribution in [2.75, 3.05) is 26.1 Å². The molecule has 1 aromatic rings. The Morgan fingerprint density at radius 1 is 1.45 bits per heavy atom. The normalized spacial score (nSPS) is 10.2. The molecule has 0 N–H and O–H groups in total. The highest BCUT2D eigenvalue weighted by Crippen LogP contribution is 2.31. The second-order valence-corrected chi connectivity index (χ2v) is 4.47. The van der Waals surface area contributed by atoms with Gasteiger partial charge in [-0.2, -0.15) is 0 Å². The van der Waals surface area contributed by atoms with Crippen LogP contribution in [0.2, 0.25) is 0 Å². The molecule has 0 bridgehead atoms. The van der Waals surface area contributed by atoms with Crippen LogP contribution in [0.25, 0.3) is 0 Å². The van der Waals surface area contributed by atoms with Crippen LogP contribution in [0.3, 0.4) is 0 Å². The smallest absolute Gasteiger partial charge is 0.311 e. The molecule has 0 unspecified atom stereocenters. The Kier molecular flexibility index (Phi) is 6.24. The number of hydrogen-bond acceptors (Lipinski definition) is 4. The van der Waals surface area contributed by atoms with Gasteiger partial charge in [0.2, 0.25) is 5.75 Å². The molecule has 20 heavy (non-hydrogen) atoms. The number of benzene rings is 1. The summed E-state index contributed by atoms with van der Waals surface area (Å²) >= 11 is 5.69. The predicted molar refractivity (Wildman–Crippen MR) is 76.6 cm³/mol. The molecule has 0 fully saturated rings. The third-order valence-corrected chi connectivity index (χ3v) is 2.93. The summed E-state index contributed by atoms with van der Waals surface area (Å²) in [6.07, 6.45) is 0.778. The third-order valence-electron chi connectivity index (χ3n) is 2.76. The highest BCUT2D eigenvalue weighted by Gasteiger charge is 2.25. The van der Waals surface area contributed by atoms with Gasteiger partial charge in [0.05, 0.1) is 17.6 Å². The number of ether oxygens (including phenoxy) is 1. The SMILES string of the molecule is CCCN(CCCl)C(=O)c1cccc([N+](=O)[O-])c1OC. The van der Waals surface area contributed by atoms with E-state index in [0.29, 0.717) is 19.0 Å². The Labute approximate surface area is 122 Å². The van der Waals surface area contributed by atoms with Crippen LogP contribution in [0, 0.1) is 10.1 Å². The van der Waals surface area contributed by atoms with E-state index in [0.717, 1.165) is 6.42 Å². The van der Waals surface area contributed by atoms with E-state index in [2.05, 4.69) is 0 Å². The summed E-state index contributed by atoms with van der Waals surface area (Å²) in [6, 6.07) is 4.30. The van der Waals surface area contributed by atoms with Crippen molar-refractivity contribution >= 4 is 23.2 Å². The number of para-hydroxylation sites is 1. The first-order chi connectivity index (χ1) is 9.56. The molecule has 1 amide bonds. The van der Waals surface area contributed by atoms with Gasteiger partial charge < -0.3 is 9.64 Å². The van der Waals surface area contributed by atoms with E-state index in [-0.39, 0.29) is 22.9 Å². The van der Waals surface area contributed by atoms with Crippen LogP contribution in [0.5, 0.6) is 5.75 Å². The molecule has 0 saturated heterocycles. The molecule has 0 saturated carbocycles. The summed E-state index contributed by atoms with van der Waals surface area (Å²) in [4.78, 5) is 24.4. The van der Waals surface area contributed by atoms with Crippen LogP contribution in [0.15, 0.2) is 18.2 Å². The van der Waals surface area contributed by atoms with Crippen LogP contribution < -0.4 is 4.74 Å². The van der Waals surface area contributed by atoms with E-state index in [4.69, 9.17) is 16.3 Å². The molecule has 1 rings (SSSR count). The molecule has 7 heteroatoms. The van der Waals surface area contributed by atoms with Crippen LogP contribution in [0.4, 0.5) is 5.69 Å². The van der Waals surface area contributed by atoms with Gasteiger partial charge in [-0.1, -0.05) is 13.0 Å². The van der Waals surface area contributed by atoms with E-state index in [1.165, 1.54) is 25.3 Å². The number of nitrogens with zero attached hydrogens (tertiary/aromatic N) is 2. The van der Waals surface area contributed by atoms with Gasteiger partial charge in [-0.3, -0.25) is 14.9 Å². The Hall–Kier alpha value is -1.82. The summed E-state index contributed by atoms with van der Waals surface area (Å²) in [5.41, 5.74) is -0.0408. The number of hydrogen-bond donors (Lipinski definition) is 0. The van der Waals surface area contributed by atoms with E-state index in [9.17, 15) is 14.9 Å². The minimum Gasteiger partial charge on any atom is -0.490 e. The molecule has 0 aromatic heterocycles. The molecular weight excluding hydrogens is 284 g/mol. The molecular formula is C13H17ClN2O4. The number of carbonyl (C=O) groups excluding carboxylic acids is 1. The molecule has 0 spiro atoms. The van der Waals surface area contributed by atoms with E-state index in [1.807, 2.05) is 6.92 Å². The second-order valence-electron chi connectivity index (χ2n) is 4.10. The lowest BCUT2D eigenvalue weighted by molar-refractivity contribution is -0.385. The van der Waals surface area contributed by atoms with Crippen LogP contribution in [-0.4, -0.2) is 41.8 Å². The minimum atomic E-state index is -0.568. The lowest BCUT2D eigenvalue weighted by atomic mass is 10.1. The van der Waals surface area contributed by atoms with Gasteiger partial charge in [0, 0.05) is 25.0 Å². The Morgan fingerprint density at radius 2 is 2.15 bits per heavy atom. The van der Waals surface area contributed by atoms with Crippen molar-refractivity contribution in [1.29, 1.82) is 0 Å². The Balaban J connectivity index is 3.20. The average molecular weight is 301 g/mol. The van der Waals surface area contributed by atoms with Crippen molar-refractivity contribution in [3.63, 3.8) is 0 Å². The van der Waals surface area contributed by atoms with Gasteiger partial charge in [0.25, 0.3) is 5.91 Å². The van der Waals surface area contributed by atoms with Gasteiger partial charge in [0.1, 0.15) is 0 Å². The van der Waals surface area contributed by atoms with Crippen LogP contribution in [-0.2, 0) is 0 Å². The maximum Gasteiger partial charge on any atom is 0.311 e. The average Bonchev–Trinajstić information content (AvgIpc) is 2.45. The zero-order valence-corrected chi connectivity index (χ0v) is 12.2. The maximum absolute atomic E-state index is 12.4. The number of carbonyl (C=O) groups is 1. The van der Waals surface area contributed by atoms with Gasteiger partial charge in [-0.15, -0.1) is 11.6 Å². The first-order valence-electron chi connectivity index (χ1n) is 6.23. The largest absolute Gasteiger partial charge is 0.490 e. The molecule has 0 atom stereocenters. The first kappa shape index (κ1) is 16.2. The zero-order valence-electron chi connectivity index (χ0n) is 11.5. The number of halogens is 1. The van der Waals surface area contributed by atoms with Crippen LogP contribution >= 0.6 is 11.6 Å². The summed E-state index contributed by atoms with van der Waals surface area (Å²) in [5.74, 6) is -0.0191. The predicted octanol–water partition coefficient (Wildman–Crippen LogP) is 2.69. The number of amides is 1. The first-order valence-corrected chi connectivity index (χ1v) is 6.76. The van der Waals surface area contributed by atoms with E-state index < -0.39 is 4.92 Å². The number of nitro groups is 1. The molecule has 0 aliphatic carbocycles. The van der Waals surface area contributed by atoms with Gasteiger partial charge >= 0.3 is 5.69 Å². The molecule has 0 heterocycles. The molecule has 110 valence electrons. The van der Waals surface area contributed by atoms with E-state index >= 15 is 0 Å². The molecule has 0 aliphatic heterocycles. The quantitative estimate of drug-likeness (QED) is 0.441. The standard InChI is InChI=1S/C13H17ClN2O4/c1-3-8-15(9-7-14)13(17)10-5-4-6-11(16(18)19)12(10)20-2/h4-6H,3,7-9H2,1-2H3. The van der Waals surface area contributed by atoms with Crippen molar-refractivity contribution in [2.24, 2.45) is 0 Å². The minimum absolute atomic E-state index is 0.0156. The molecule has 1 aromatic carbocycles. The molecule has 0 radical (unpaired) electrons. The summed E-state index contributed by atoms with van der Waals surface area (Å²) < 4.78 is 5.04. The third kappa shape index (κ3) is 3.60. The van der Waals surface area contributed by atoms with Crippen molar-refractivity contribution in [3.8, 4) is 5.75 Å². The fraction of sp³-hybridized carbons (Fsp3) is 0.462. The van der Waals surface area contributed by atoms with Crippen molar-refractivity contribution in [2.45, 2.75) is 13.3 Å². The molecule has 6 nitrogen and oxygen atoms in total. The number of nitro benzene ring substituents is 1. The Morgan fingerprint density at radius 3 is 2.65 bits per heavy atom. The molecule has 0 aliphatic rings. The topological polar surface area (TPSA) is 72.7 Å². The number of methoxy groups -OCH3 is 1. The van der Waals surface area contributed by atoms with Gasteiger partial charge in [0.15, 0.2) is 0 Å². The monoisotopic (exact) mass is 300 g/mol. The lowest BCUT2D eigenvalue weighted by Crippen LogP contribution is -2.33. The number of rotatable bonds is 7. The van der Waals surface area contributed by atoms with Crippen molar-refractivity contribution in [3.05, 3.63) is 33.9 Å². The van der Waals surface area contributed by atoms with Crippen molar-refractivity contribution in [1.82, 2.24) is 4.90 Å². The fourth-order valence-electron chi connectivity index (χ4n) is 1.91. The summed E-state index contributed by atoms with van der Waals surface area (Å²) in [7, 11) is 1.31. The maximum atomic E-state index is 12.4. The fourth-order valence-corrected chi connectivity index (χ4v) is 2.11. The highest BCUT2D eigenvalue weighted by atomic mass is 35.5. The van der Waals surface area contributed by atoms with Crippen molar-refractivity contribution < 1.29 is 14.5 Å². The van der Waals surface area contributed by atoms with Gasteiger partial charge in [-0.25, -0.2) is 0 Å². The zero-order chi connectivity index (χ0) is 15.1. The van der Waals surface area contributed by atoms with Gasteiger partial charge in [-0.05, 0) is 12.5 Å². The highest BCUT2D eigenvalue weighted by molar-refractivity contribution is 6.18. The van der Waals surface area contributed by atoms with Crippen LogP contribution in [0.1, 0.15) is 23.7 Å². The summed E-state index contributed by atoms with van der Waals surface area (Å²) in [6.45, 7) is 2.87. The summed E-state index contributed by atoms with van der Waals surface area (Å²) in [5, 5.41) is 11.0. The number of alkyl halides is 1. The Bertz CT molecular complexity index is 487. The second kappa shape index (κ2) is 7.69. The van der Waals surface area contributed by atoms with E-state index in [1.54, 1.807) is 4.90 Å².